The lowest BCUT2D eigenvalue weighted by atomic mass is 9.89. The Labute approximate surface area is 159 Å². The van der Waals surface area contributed by atoms with E-state index in [1.54, 1.807) is 21.3 Å². The lowest BCUT2D eigenvalue weighted by molar-refractivity contribution is 0.0205. The molecule has 148 valence electrons. The van der Waals surface area contributed by atoms with Crippen LogP contribution in [0.25, 0.3) is 0 Å². The van der Waals surface area contributed by atoms with Gasteiger partial charge < -0.3 is 25.0 Å². The average Bonchev–Trinajstić information content (AvgIpc) is 2.59. The number of rotatable bonds is 8. The first kappa shape index (κ1) is 22.3. The summed E-state index contributed by atoms with van der Waals surface area (Å²) < 4.78 is 10.8. The van der Waals surface area contributed by atoms with Crippen LogP contribution in [0.5, 0.6) is 5.75 Å². The van der Waals surface area contributed by atoms with Crippen molar-refractivity contribution >= 4 is 5.96 Å². The highest BCUT2D eigenvalue weighted by atomic mass is 16.5. The largest absolute Gasteiger partial charge is 0.497 e. The first-order valence-corrected chi connectivity index (χ1v) is 9.00. The first-order chi connectivity index (χ1) is 12.2. The van der Waals surface area contributed by atoms with E-state index in [1.807, 2.05) is 12.1 Å². The van der Waals surface area contributed by atoms with Gasteiger partial charge in [-0.2, -0.15) is 0 Å². The van der Waals surface area contributed by atoms with Crippen molar-refractivity contribution in [1.29, 1.82) is 0 Å². The van der Waals surface area contributed by atoms with Gasteiger partial charge in [0.15, 0.2) is 5.96 Å². The van der Waals surface area contributed by atoms with Gasteiger partial charge >= 0.3 is 0 Å². The number of aliphatic imine (C=N–C) groups is 1. The molecule has 0 fully saturated rings. The number of methoxy groups -OCH3 is 2. The van der Waals surface area contributed by atoms with E-state index in [2.05, 4.69) is 67.5 Å². The molecule has 6 heteroatoms. The van der Waals surface area contributed by atoms with Gasteiger partial charge in [0, 0.05) is 27.2 Å². The molecule has 0 aliphatic heterocycles. The Kier molecular flexibility index (Phi) is 8.88. The summed E-state index contributed by atoms with van der Waals surface area (Å²) in [4.78, 5) is 6.52. The van der Waals surface area contributed by atoms with Crippen LogP contribution in [-0.2, 0) is 4.74 Å². The molecule has 0 bridgehead atoms. The molecule has 0 aliphatic rings. The van der Waals surface area contributed by atoms with Gasteiger partial charge in [0.05, 0.1) is 19.3 Å². The number of guanidine groups is 1. The monoisotopic (exact) mass is 364 g/mol. The third kappa shape index (κ3) is 6.84. The third-order valence-corrected chi connectivity index (χ3v) is 4.52. The lowest BCUT2D eigenvalue weighted by Crippen LogP contribution is -2.47. The van der Waals surface area contributed by atoms with Gasteiger partial charge in [-0.1, -0.05) is 32.9 Å². The van der Waals surface area contributed by atoms with Crippen LogP contribution < -0.4 is 15.4 Å². The third-order valence-electron chi connectivity index (χ3n) is 4.52. The van der Waals surface area contributed by atoms with Crippen LogP contribution in [0.15, 0.2) is 29.3 Å². The molecule has 0 aliphatic carbocycles. The summed E-state index contributed by atoms with van der Waals surface area (Å²) in [5.41, 5.74) is 1.29. The van der Waals surface area contributed by atoms with Crippen molar-refractivity contribution in [2.45, 2.75) is 32.9 Å². The summed E-state index contributed by atoms with van der Waals surface area (Å²) in [7, 11) is 9.37. The topological polar surface area (TPSA) is 58.1 Å². The molecule has 6 nitrogen and oxygen atoms in total. The van der Waals surface area contributed by atoms with E-state index in [0.29, 0.717) is 6.54 Å². The minimum absolute atomic E-state index is 0.0653. The predicted molar refractivity (Wildman–Crippen MR) is 109 cm³/mol. The van der Waals surface area contributed by atoms with E-state index in [0.717, 1.165) is 18.3 Å². The normalized spacial score (nSPS) is 14.9. The van der Waals surface area contributed by atoms with Crippen molar-refractivity contribution in [1.82, 2.24) is 15.5 Å². The molecule has 0 aromatic heterocycles. The zero-order chi connectivity index (χ0) is 19.7. The molecule has 0 spiro atoms. The standard InChI is InChI=1S/C20H36N4O2/c1-20(2,3)18(26-8)14-23-19(21-4)22-13-17(24(5)6)15-9-11-16(25-7)12-10-15/h9-12,17-18H,13-14H2,1-8H3,(H2,21,22,23). The molecule has 0 radical (unpaired) electrons. The summed E-state index contributed by atoms with van der Waals surface area (Å²) in [5.74, 6) is 1.64. The lowest BCUT2D eigenvalue weighted by Gasteiger charge is -2.30. The van der Waals surface area contributed by atoms with Gasteiger partial charge in [-0.25, -0.2) is 0 Å². The number of benzene rings is 1. The summed E-state index contributed by atoms with van der Waals surface area (Å²) in [6.45, 7) is 7.96. The van der Waals surface area contributed by atoms with E-state index < -0.39 is 0 Å². The van der Waals surface area contributed by atoms with Crippen molar-refractivity contribution in [2.24, 2.45) is 10.4 Å². The van der Waals surface area contributed by atoms with Crippen LogP contribution in [0.2, 0.25) is 0 Å². The Hall–Kier alpha value is -1.79. The van der Waals surface area contributed by atoms with Gasteiger partial charge in [0.1, 0.15) is 5.75 Å². The Bertz CT molecular complexity index is 550. The molecule has 2 N–H and O–H groups in total. The van der Waals surface area contributed by atoms with E-state index in [-0.39, 0.29) is 17.6 Å². The average molecular weight is 365 g/mol. The highest BCUT2D eigenvalue weighted by Gasteiger charge is 2.24. The minimum Gasteiger partial charge on any atom is -0.497 e. The number of hydrogen-bond donors (Lipinski definition) is 2. The van der Waals surface area contributed by atoms with Gasteiger partial charge in [-0.05, 0) is 37.2 Å². The molecule has 0 heterocycles. The van der Waals surface area contributed by atoms with Gasteiger partial charge in [-0.15, -0.1) is 0 Å². The summed E-state index contributed by atoms with van der Waals surface area (Å²) in [6, 6.07) is 8.40. The summed E-state index contributed by atoms with van der Waals surface area (Å²) in [6.07, 6.45) is 0.104. The second-order valence-electron chi connectivity index (χ2n) is 7.68. The van der Waals surface area contributed by atoms with Gasteiger partial charge in [-0.3, -0.25) is 4.99 Å². The molecular formula is C20H36N4O2. The Morgan fingerprint density at radius 3 is 2.08 bits per heavy atom. The van der Waals surface area contributed by atoms with E-state index in [9.17, 15) is 0 Å². The fraction of sp³-hybridized carbons (Fsp3) is 0.650. The number of likely N-dealkylation sites (N-methyl/N-ethyl adjacent to an activating group) is 1. The van der Waals surface area contributed by atoms with Crippen molar-refractivity contribution in [3.63, 3.8) is 0 Å². The van der Waals surface area contributed by atoms with Crippen LogP contribution in [-0.4, -0.2) is 65.4 Å². The molecule has 0 amide bonds. The van der Waals surface area contributed by atoms with Gasteiger partial charge in [0.25, 0.3) is 0 Å². The summed E-state index contributed by atoms with van der Waals surface area (Å²) >= 11 is 0. The Morgan fingerprint density at radius 2 is 1.65 bits per heavy atom. The molecule has 1 aromatic carbocycles. The second-order valence-corrected chi connectivity index (χ2v) is 7.68. The Balaban J connectivity index is 2.68. The highest BCUT2D eigenvalue weighted by Crippen LogP contribution is 2.22. The van der Waals surface area contributed by atoms with E-state index in [4.69, 9.17) is 9.47 Å². The Morgan fingerprint density at radius 1 is 1.08 bits per heavy atom. The van der Waals surface area contributed by atoms with E-state index >= 15 is 0 Å². The molecule has 1 aromatic rings. The van der Waals surface area contributed by atoms with Crippen molar-refractivity contribution in [2.75, 3.05) is 48.5 Å². The maximum Gasteiger partial charge on any atom is 0.191 e. The van der Waals surface area contributed by atoms with Crippen LogP contribution in [0.4, 0.5) is 0 Å². The first-order valence-electron chi connectivity index (χ1n) is 9.00. The smallest absolute Gasteiger partial charge is 0.191 e. The molecular weight excluding hydrogens is 328 g/mol. The highest BCUT2D eigenvalue weighted by molar-refractivity contribution is 5.79. The number of ether oxygens (including phenoxy) is 2. The fourth-order valence-electron chi connectivity index (χ4n) is 2.77. The molecule has 2 unspecified atom stereocenters. The molecule has 1 rings (SSSR count). The molecule has 0 saturated carbocycles. The maximum absolute atomic E-state index is 5.60. The zero-order valence-electron chi connectivity index (χ0n) is 17.6. The van der Waals surface area contributed by atoms with Crippen LogP contribution >= 0.6 is 0 Å². The SMILES string of the molecule is CN=C(NCC(c1ccc(OC)cc1)N(C)C)NCC(OC)C(C)(C)C. The van der Waals surface area contributed by atoms with Crippen molar-refractivity contribution < 1.29 is 9.47 Å². The van der Waals surface area contributed by atoms with Crippen LogP contribution in [0, 0.1) is 5.41 Å². The second kappa shape index (κ2) is 10.4. The number of nitrogens with zero attached hydrogens (tertiary/aromatic N) is 2. The molecule has 26 heavy (non-hydrogen) atoms. The summed E-state index contributed by atoms with van der Waals surface area (Å²) in [5, 5.41) is 6.79. The molecule has 0 saturated heterocycles. The maximum atomic E-state index is 5.60. The van der Waals surface area contributed by atoms with Crippen molar-refractivity contribution in [3.05, 3.63) is 29.8 Å². The van der Waals surface area contributed by atoms with Crippen LogP contribution in [0.3, 0.4) is 0 Å². The fourth-order valence-corrected chi connectivity index (χ4v) is 2.77. The number of nitrogens with one attached hydrogen (secondary N) is 2. The minimum atomic E-state index is 0.0653. The van der Waals surface area contributed by atoms with E-state index in [1.165, 1.54) is 5.56 Å². The molecule has 2 atom stereocenters. The predicted octanol–water partition coefficient (Wildman–Crippen LogP) is 2.52. The van der Waals surface area contributed by atoms with Gasteiger partial charge in [0.2, 0.25) is 0 Å². The zero-order valence-corrected chi connectivity index (χ0v) is 17.6. The number of hydrogen-bond acceptors (Lipinski definition) is 4. The quantitative estimate of drug-likeness (QED) is 0.548. The van der Waals surface area contributed by atoms with Crippen LogP contribution in [0.1, 0.15) is 32.4 Å². The van der Waals surface area contributed by atoms with Crippen molar-refractivity contribution in [3.8, 4) is 5.75 Å².